The molecule has 4 rings (SSSR count). The number of halogens is 1. The second kappa shape index (κ2) is 4.99. The maximum atomic E-state index is 6.27. The highest BCUT2D eigenvalue weighted by molar-refractivity contribution is 6.30. The molecule has 0 unspecified atom stereocenters. The third-order valence-electron chi connectivity index (χ3n) is 4.44. The Labute approximate surface area is 129 Å². The van der Waals surface area contributed by atoms with Crippen LogP contribution in [0, 0.1) is 6.92 Å². The largest absolute Gasteiger partial charge is 0.366 e. The topological polar surface area (TPSA) is 37.8 Å². The Kier molecular flexibility index (Phi) is 3.11. The van der Waals surface area contributed by atoms with E-state index in [2.05, 4.69) is 34.6 Å². The first-order valence-corrected chi connectivity index (χ1v) is 7.96. The van der Waals surface area contributed by atoms with Crippen molar-refractivity contribution in [2.24, 2.45) is 0 Å². The van der Waals surface area contributed by atoms with Gasteiger partial charge in [-0.25, -0.2) is 9.97 Å². The molecule has 1 saturated carbocycles. The first kappa shape index (κ1) is 13.1. The lowest BCUT2D eigenvalue weighted by Gasteiger charge is -2.16. The van der Waals surface area contributed by atoms with Gasteiger partial charge in [-0.1, -0.05) is 35.9 Å². The number of nitrogens with one attached hydrogen (secondary N) is 1. The molecule has 0 radical (unpaired) electrons. The molecule has 4 heteroatoms. The molecule has 0 spiro atoms. The van der Waals surface area contributed by atoms with E-state index >= 15 is 0 Å². The zero-order valence-corrected chi connectivity index (χ0v) is 12.8. The van der Waals surface area contributed by atoms with Crippen LogP contribution in [0.2, 0.25) is 5.15 Å². The fourth-order valence-corrected chi connectivity index (χ4v) is 3.20. The van der Waals surface area contributed by atoms with Crippen LogP contribution in [-0.2, 0) is 12.8 Å². The molecule has 1 fully saturated rings. The van der Waals surface area contributed by atoms with Gasteiger partial charge in [0, 0.05) is 17.5 Å². The van der Waals surface area contributed by atoms with Crippen molar-refractivity contribution in [2.75, 3.05) is 5.32 Å². The first-order chi connectivity index (χ1) is 10.2. The van der Waals surface area contributed by atoms with Crippen LogP contribution in [0.3, 0.4) is 0 Å². The van der Waals surface area contributed by atoms with E-state index in [1.165, 1.54) is 24.0 Å². The van der Waals surface area contributed by atoms with Gasteiger partial charge in [0.05, 0.1) is 0 Å². The molecule has 2 aliphatic rings. The van der Waals surface area contributed by atoms with E-state index in [4.69, 9.17) is 16.6 Å². The first-order valence-electron chi connectivity index (χ1n) is 7.58. The van der Waals surface area contributed by atoms with E-state index < -0.39 is 0 Å². The summed E-state index contributed by atoms with van der Waals surface area (Å²) in [6.45, 7) is 1.99. The lowest BCUT2D eigenvalue weighted by Crippen LogP contribution is -2.21. The van der Waals surface area contributed by atoms with Crippen molar-refractivity contribution in [1.29, 1.82) is 0 Å². The molecule has 2 aliphatic carbocycles. The second-order valence-electron chi connectivity index (χ2n) is 6.14. The van der Waals surface area contributed by atoms with Crippen LogP contribution < -0.4 is 5.32 Å². The zero-order chi connectivity index (χ0) is 14.4. The van der Waals surface area contributed by atoms with E-state index in [1.54, 1.807) is 0 Å². The number of hydrogen-bond acceptors (Lipinski definition) is 3. The Balaban J connectivity index is 1.58. The molecule has 108 valence electrons. The van der Waals surface area contributed by atoms with Gasteiger partial charge in [0.1, 0.15) is 16.8 Å². The normalized spacial score (nSPS) is 17.8. The summed E-state index contributed by atoms with van der Waals surface area (Å²) < 4.78 is 0. The van der Waals surface area contributed by atoms with Crippen LogP contribution in [-0.4, -0.2) is 16.0 Å². The molecule has 0 saturated heterocycles. The summed E-state index contributed by atoms with van der Waals surface area (Å²) in [5.41, 5.74) is 3.84. The van der Waals surface area contributed by atoms with Gasteiger partial charge in [0.25, 0.3) is 0 Å². The van der Waals surface area contributed by atoms with Crippen molar-refractivity contribution >= 4 is 17.4 Å². The predicted molar refractivity (Wildman–Crippen MR) is 85.0 cm³/mol. The van der Waals surface area contributed by atoms with Crippen LogP contribution in [0.15, 0.2) is 24.3 Å². The molecule has 1 heterocycles. The van der Waals surface area contributed by atoms with Gasteiger partial charge in [-0.2, -0.15) is 0 Å². The highest BCUT2D eigenvalue weighted by Gasteiger charge is 2.29. The molecule has 0 atom stereocenters. The summed E-state index contributed by atoms with van der Waals surface area (Å²) in [5, 5.41) is 4.17. The maximum Gasteiger partial charge on any atom is 0.137 e. The van der Waals surface area contributed by atoms with E-state index in [0.29, 0.717) is 17.1 Å². The summed E-state index contributed by atoms with van der Waals surface area (Å²) in [6, 6.07) is 9.05. The van der Waals surface area contributed by atoms with Crippen LogP contribution in [0.25, 0.3) is 0 Å². The van der Waals surface area contributed by atoms with Crippen LogP contribution in [0.4, 0.5) is 5.82 Å². The van der Waals surface area contributed by atoms with Gasteiger partial charge >= 0.3 is 0 Å². The number of nitrogens with zero attached hydrogens (tertiary/aromatic N) is 2. The minimum absolute atomic E-state index is 0.402. The van der Waals surface area contributed by atoms with Gasteiger partial charge in [-0.05, 0) is 43.7 Å². The molecule has 1 aromatic carbocycles. The molecule has 21 heavy (non-hydrogen) atoms. The minimum atomic E-state index is 0.402. The minimum Gasteiger partial charge on any atom is -0.366 e. The monoisotopic (exact) mass is 299 g/mol. The van der Waals surface area contributed by atoms with Crippen molar-refractivity contribution in [2.45, 2.75) is 44.6 Å². The number of hydrogen-bond donors (Lipinski definition) is 1. The molecule has 1 aromatic heterocycles. The molecule has 2 aromatic rings. The smallest absolute Gasteiger partial charge is 0.137 e. The molecular formula is C17H18ClN3. The van der Waals surface area contributed by atoms with Gasteiger partial charge in [0.15, 0.2) is 0 Å². The summed E-state index contributed by atoms with van der Waals surface area (Å²) in [4.78, 5) is 9.14. The van der Waals surface area contributed by atoms with Gasteiger partial charge in [-0.15, -0.1) is 0 Å². The zero-order valence-electron chi connectivity index (χ0n) is 12.1. The van der Waals surface area contributed by atoms with Crippen molar-refractivity contribution < 1.29 is 0 Å². The number of anilines is 1. The number of rotatable bonds is 3. The highest BCUT2D eigenvalue weighted by atomic mass is 35.5. The van der Waals surface area contributed by atoms with Crippen LogP contribution >= 0.6 is 11.6 Å². The van der Waals surface area contributed by atoms with E-state index in [-0.39, 0.29) is 0 Å². The SMILES string of the molecule is Cc1c(Cl)nc(C2CC2)nc1NC1Cc2ccccc2C1. The Bertz CT molecular complexity index is 669. The maximum absolute atomic E-state index is 6.27. The quantitative estimate of drug-likeness (QED) is 0.874. The van der Waals surface area contributed by atoms with E-state index in [9.17, 15) is 0 Å². The third-order valence-corrected chi connectivity index (χ3v) is 4.81. The van der Waals surface area contributed by atoms with Crippen molar-refractivity contribution in [3.63, 3.8) is 0 Å². The van der Waals surface area contributed by atoms with Crippen LogP contribution in [0.1, 0.15) is 41.3 Å². The summed E-state index contributed by atoms with van der Waals surface area (Å²) in [5.74, 6) is 2.34. The number of fused-ring (bicyclic) bond motifs is 1. The Morgan fingerprint density at radius 2 is 1.76 bits per heavy atom. The second-order valence-corrected chi connectivity index (χ2v) is 6.50. The Morgan fingerprint density at radius 1 is 1.10 bits per heavy atom. The molecule has 0 amide bonds. The Morgan fingerprint density at radius 3 is 2.38 bits per heavy atom. The van der Waals surface area contributed by atoms with Crippen LogP contribution in [0.5, 0.6) is 0 Å². The van der Waals surface area contributed by atoms with E-state index in [0.717, 1.165) is 30.0 Å². The fraction of sp³-hybridized carbons (Fsp3) is 0.412. The average molecular weight is 300 g/mol. The number of benzene rings is 1. The molecule has 3 nitrogen and oxygen atoms in total. The fourth-order valence-electron chi connectivity index (χ4n) is 3.02. The van der Waals surface area contributed by atoms with Crippen molar-refractivity contribution in [3.05, 3.63) is 51.9 Å². The Hall–Kier alpha value is -1.61. The predicted octanol–water partition coefficient (Wildman–Crippen LogP) is 3.90. The molecule has 1 N–H and O–H groups in total. The lowest BCUT2D eigenvalue weighted by molar-refractivity contribution is 0.761. The molecule has 0 bridgehead atoms. The molecule has 0 aliphatic heterocycles. The highest BCUT2D eigenvalue weighted by Crippen LogP contribution is 2.39. The third kappa shape index (κ3) is 2.51. The number of aromatic nitrogens is 2. The van der Waals surface area contributed by atoms with Crippen molar-refractivity contribution in [3.8, 4) is 0 Å². The summed E-state index contributed by atoms with van der Waals surface area (Å²) in [7, 11) is 0. The van der Waals surface area contributed by atoms with E-state index in [1.807, 2.05) is 6.92 Å². The molecular weight excluding hydrogens is 282 g/mol. The summed E-state index contributed by atoms with van der Waals surface area (Å²) in [6.07, 6.45) is 4.48. The lowest BCUT2D eigenvalue weighted by atomic mass is 10.1. The summed E-state index contributed by atoms with van der Waals surface area (Å²) >= 11 is 6.27. The van der Waals surface area contributed by atoms with Gasteiger partial charge < -0.3 is 5.32 Å². The average Bonchev–Trinajstić information content (AvgIpc) is 3.24. The van der Waals surface area contributed by atoms with Gasteiger partial charge in [0.2, 0.25) is 0 Å². The standard InChI is InChI=1S/C17H18ClN3/c1-10-15(18)20-17(11-6-7-11)21-16(10)19-14-8-12-4-2-3-5-13(12)9-14/h2-5,11,14H,6-9H2,1H3,(H,19,20,21). The van der Waals surface area contributed by atoms with Crippen molar-refractivity contribution in [1.82, 2.24) is 9.97 Å². The van der Waals surface area contributed by atoms with Gasteiger partial charge in [-0.3, -0.25) is 0 Å².